The van der Waals surface area contributed by atoms with Crippen LogP contribution in [0.2, 0.25) is 0 Å². The molecule has 1 aliphatic carbocycles. The molecule has 0 atom stereocenters. The molecule has 0 bridgehead atoms. The highest BCUT2D eigenvalue weighted by atomic mass is 32.1. The lowest BCUT2D eigenvalue weighted by atomic mass is 10.0. The molecule has 1 heterocycles. The first-order chi connectivity index (χ1) is 5.77. The van der Waals surface area contributed by atoms with Crippen molar-refractivity contribution in [2.24, 2.45) is 0 Å². The molecule has 3 heteroatoms. The second-order valence-corrected chi connectivity index (χ2v) is 4.62. The van der Waals surface area contributed by atoms with Crippen molar-refractivity contribution in [3.8, 4) is 0 Å². The molecule has 0 aromatic carbocycles. The minimum absolute atomic E-state index is 0.402. The van der Waals surface area contributed by atoms with E-state index in [1.54, 1.807) is 11.3 Å². The monoisotopic (exact) mass is 182 g/mol. The number of aromatic nitrogens is 1. The maximum absolute atomic E-state index is 4.54. The second kappa shape index (κ2) is 2.82. The molecule has 1 aliphatic rings. The van der Waals surface area contributed by atoms with E-state index in [4.69, 9.17) is 0 Å². The van der Waals surface area contributed by atoms with Crippen LogP contribution in [0.3, 0.4) is 0 Å². The van der Waals surface area contributed by atoms with Crippen LogP contribution in [0, 0.1) is 6.92 Å². The van der Waals surface area contributed by atoms with Gasteiger partial charge in [0.2, 0.25) is 0 Å². The van der Waals surface area contributed by atoms with E-state index in [1.807, 2.05) is 7.05 Å². The van der Waals surface area contributed by atoms with Gasteiger partial charge in [0.1, 0.15) is 0 Å². The van der Waals surface area contributed by atoms with Crippen LogP contribution in [-0.4, -0.2) is 18.6 Å². The number of aryl methyl sites for hydroxylation is 1. The third-order valence-electron chi connectivity index (χ3n) is 2.53. The Morgan fingerprint density at radius 3 is 2.83 bits per heavy atom. The molecule has 1 N–H and O–H groups in total. The maximum Gasteiger partial charge on any atom is 0.0897 e. The Balaban J connectivity index is 2.18. The van der Waals surface area contributed by atoms with E-state index in [9.17, 15) is 0 Å². The fourth-order valence-corrected chi connectivity index (χ4v) is 2.36. The minimum atomic E-state index is 0.402. The highest BCUT2D eigenvalue weighted by Crippen LogP contribution is 2.47. The van der Waals surface area contributed by atoms with E-state index >= 15 is 0 Å². The SMILES string of the molecule is CNCC1(c2csc(C)n2)CC1. The summed E-state index contributed by atoms with van der Waals surface area (Å²) < 4.78 is 0. The summed E-state index contributed by atoms with van der Waals surface area (Å²) in [5.41, 5.74) is 1.71. The smallest absolute Gasteiger partial charge is 0.0897 e. The number of hydrogen-bond donors (Lipinski definition) is 1. The van der Waals surface area contributed by atoms with E-state index in [-0.39, 0.29) is 0 Å². The summed E-state index contributed by atoms with van der Waals surface area (Å²) in [5.74, 6) is 0. The van der Waals surface area contributed by atoms with Crippen molar-refractivity contribution < 1.29 is 0 Å². The molecule has 0 aliphatic heterocycles. The van der Waals surface area contributed by atoms with Crippen LogP contribution in [0.15, 0.2) is 5.38 Å². The normalized spacial score (nSPS) is 19.5. The van der Waals surface area contributed by atoms with Crippen molar-refractivity contribution in [1.82, 2.24) is 10.3 Å². The van der Waals surface area contributed by atoms with Gasteiger partial charge in [-0.3, -0.25) is 0 Å². The molecule has 0 unspecified atom stereocenters. The molecule has 0 amide bonds. The lowest BCUT2D eigenvalue weighted by Crippen LogP contribution is -2.23. The van der Waals surface area contributed by atoms with Gasteiger partial charge in [0, 0.05) is 17.3 Å². The van der Waals surface area contributed by atoms with Crippen molar-refractivity contribution in [2.45, 2.75) is 25.2 Å². The van der Waals surface area contributed by atoms with Gasteiger partial charge < -0.3 is 5.32 Å². The summed E-state index contributed by atoms with van der Waals surface area (Å²) in [6.45, 7) is 3.15. The van der Waals surface area contributed by atoms with E-state index < -0.39 is 0 Å². The predicted octanol–water partition coefficient (Wildman–Crippen LogP) is 1.70. The molecule has 2 nitrogen and oxygen atoms in total. The van der Waals surface area contributed by atoms with Gasteiger partial charge in [0.15, 0.2) is 0 Å². The Labute approximate surface area is 77.0 Å². The molecule has 12 heavy (non-hydrogen) atoms. The zero-order valence-electron chi connectivity index (χ0n) is 7.55. The summed E-state index contributed by atoms with van der Waals surface area (Å²) in [6.07, 6.45) is 2.61. The van der Waals surface area contributed by atoms with E-state index in [1.165, 1.54) is 23.5 Å². The maximum atomic E-state index is 4.54. The van der Waals surface area contributed by atoms with Crippen LogP contribution in [0.25, 0.3) is 0 Å². The van der Waals surface area contributed by atoms with Crippen molar-refractivity contribution in [2.75, 3.05) is 13.6 Å². The van der Waals surface area contributed by atoms with Crippen LogP contribution in [-0.2, 0) is 5.41 Å². The molecule has 1 fully saturated rings. The van der Waals surface area contributed by atoms with Crippen LogP contribution in [0.1, 0.15) is 23.5 Å². The number of thiazole rings is 1. The first kappa shape index (κ1) is 8.20. The zero-order chi connectivity index (χ0) is 8.60. The average Bonchev–Trinajstić information content (AvgIpc) is 2.69. The van der Waals surface area contributed by atoms with Gasteiger partial charge in [-0.25, -0.2) is 4.98 Å². The van der Waals surface area contributed by atoms with E-state index in [2.05, 4.69) is 22.6 Å². The van der Waals surface area contributed by atoms with Crippen molar-refractivity contribution >= 4 is 11.3 Å². The third-order valence-corrected chi connectivity index (χ3v) is 3.30. The van der Waals surface area contributed by atoms with Gasteiger partial charge in [-0.1, -0.05) is 0 Å². The topological polar surface area (TPSA) is 24.9 Å². The molecule has 0 spiro atoms. The van der Waals surface area contributed by atoms with Gasteiger partial charge in [-0.05, 0) is 26.8 Å². The third kappa shape index (κ3) is 1.27. The number of likely N-dealkylation sites (N-methyl/N-ethyl adjacent to an activating group) is 1. The summed E-state index contributed by atoms with van der Waals surface area (Å²) >= 11 is 1.76. The van der Waals surface area contributed by atoms with Crippen molar-refractivity contribution in [3.05, 3.63) is 16.1 Å². The number of hydrogen-bond acceptors (Lipinski definition) is 3. The van der Waals surface area contributed by atoms with Crippen LogP contribution < -0.4 is 5.32 Å². The van der Waals surface area contributed by atoms with E-state index in [0.29, 0.717) is 5.41 Å². The summed E-state index contributed by atoms with van der Waals surface area (Å²) in [5, 5.41) is 6.64. The molecular weight excluding hydrogens is 168 g/mol. The fraction of sp³-hybridized carbons (Fsp3) is 0.667. The molecule has 2 rings (SSSR count). The lowest BCUT2D eigenvalue weighted by molar-refractivity contribution is 0.610. The molecule has 66 valence electrons. The van der Waals surface area contributed by atoms with Crippen LogP contribution in [0.5, 0.6) is 0 Å². The number of nitrogens with one attached hydrogen (secondary N) is 1. The minimum Gasteiger partial charge on any atom is -0.319 e. The van der Waals surface area contributed by atoms with Crippen molar-refractivity contribution in [3.63, 3.8) is 0 Å². The van der Waals surface area contributed by atoms with Gasteiger partial charge >= 0.3 is 0 Å². The largest absolute Gasteiger partial charge is 0.319 e. The zero-order valence-corrected chi connectivity index (χ0v) is 8.37. The molecule has 0 saturated heterocycles. The first-order valence-electron chi connectivity index (χ1n) is 4.34. The Kier molecular flexibility index (Phi) is 1.93. The van der Waals surface area contributed by atoms with Gasteiger partial charge in [0.25, 0.3) is 0 Å². The molecule has 1 aromatic heterocycles. The molecular formula is C9H14N2S. The molecule has 1 aromatic rings. The lowest BCUT2D eigenvalue weighted by Gasteiger charge is -2.10. The van der Waals surface area contributed by atoms with Crippen LogP contribution in [0.4, 0.5) is 0 Å². The Morgan fingerprint density at radius 1 is 1.67 bits per heavy atom. The quantitative estimate of drug-likeness (QED) is 0.769. The van der Waals surface area contributed by atoms with Crippen molar-refractivity contribution in [1.29, 1.82) is 0 Å². The van der Waals surface area contributed by atoms with Crippen LogP contribution >= 0.6 is 11.3 Å². The predicted molar refractivity (Wildman–Crippen MR) is 51.7 cm³/mol. The second-order valence-electron chi connectivity index (χ2n) is 3.56. The van der Waals surface area contributed by atoms with Gasteiger partial charge in [0.05, 0.1) is 10.7 Å². The van der Waals surface area contributed by atoms with Gasteiger partial charge in [-0.2, -0.15) is 0 Å². The number of nitrogens with zero attached hydrogens (tertiary/aromatic N) is 1. The highest BCUT2D eigenvalue weighted by Gasteiger charge is 2.45. The van der Waals surface area contributed by atoms with Gasteiger partial charge in [-0.15, -0.1) is 11.3 Å². The highest BCUT2D eigenvalue weighted by molar-refractivity contribution is 7.09. The number of rotatable bonds is 3. The standard InChI is InChI=1S/C9H14N2S/c1-7-11-8(5-12-7)9(3-4-9)6-10-2/h5,10H,3-4,6H2,1-2H3. The summed E-state index contributed by atoms with van der Waals surface area (Å²) in [4.78, 5) is 4.54. The Hall–Kier alpha value is -0.410. The Morgan fingerprint density at radius 2 is 2.42 bits per heavy atom. The first-order valence-corrected chi connectivity index (χ1v) is 5.22. The summed E-state index contributed by atoms with van der Waals surface area (Å²) in [6, 6.07) is 0. The molecule has 0 radical (unpaired) electrons. The van der Waals surface area contributed by atoms with E-state index in [0.717, 1.165) is 6.54 Å². The summed E-state index contributed by atoms with van der Waals surface area (Å²) in [7, 11) is 2.01. The fourth-order valence-electron chi connectivity index (χ4n) is 1.62. The Bertz CT molecular complexity index is 276. The average molecular weight is 182 g/mol. The molecule has 1 saturated carbocycles.